The van der Waals surface area contributed by atoms with Crippen LogP contribution in [0.1, 0.15) is 63.0 Å². The number of aromatic nitrogens is 1. The summed E-state index contributed by atoms with van der Waals surface area (Å²) in [6.07, 6.45) is 1.34. The second-order valence-electron chi connectivity index (χ2n) is 17.3. The van der Waals surface area contributed by atoms with Gasteiger partial charge in [0.1, 0.15) is 48.2 Å². The van der Waals surface area contributed by atoms with Gasteiger partial charge >= 0.3 is 17.9 Å². The molecule has 2 aliphatic heterocycles. The Hall–Kier alpha value is -9.06. The molecule has 0 atom stereocenters. The van der Waals surface area contributed by atoms with Crippen LogP contribution in [0.15, 0.2) is 123 Å². The number of halogens is 2. The molecule has 9 rings (SSSR count). The Morgan fingerprint density at radius 3 is 2.05 bits per heavy atom. The van der Waals surface area contributed by atoms with E-state index in [9.17, 15) is 49.2 Å². The van der Waals surface area contributed by atoms with Crippen LogP contribution in [0, 0.1) is 0 Å². The highest BCUT2D eigenvalue weighted by Gasteiger charge is 2.30. The largest absolute Gasteiger partial charge is 0.507 e. The third-order valence-electron chi connectivity index (χ3n) is 12.3. The number of aromatic hydroxyl groups is 1. The average molecular weight is 1020 g/mol. The normalized spacial score (nSPS) is 11.3. The molecule has 0 radical (unpaired) electrons. The summed E-state index contributed by atoms with van der Waals surface area (Å²) in [6, 6.07) is 25.6. The lowest BCUT2D eigenvalue weighted by molar-refractivity contribution is 0.0682. The molecule has 0 unspecified atom stereocenters. The minimum atomic E-state index is -1.42. The highest BCUT2D eigenvalue weighted by atomic mass is 35.5. The van der Waals surface area contributed by atoms with Gasteiger partial charge in [-0.15, -0.1) is 0 Å². The monoisotopic (exact) mass is 1020 g/mol. The van der Waals surface area contributed by atoms with Crippen LogP contribution in [0.5, 0.6) is 5.75 Å². The SMILES string of the molecule is CN(C)c1ccc2c(-c3c(Cl)cc(C(=O)NCc4ccc(C(=O)NCc5c(O)ccc6c(-c7ccc(C(=O)O)cc7C(=O)O)c7ccc(=O)cc-7oc56)nc4)c(Cl)c3C(=O)O)c3ccc(=[N+](C)C)cc-3oc2c1. The number of fused-ring (bicyclic) bond motifs is 4. The Kier molecular flexibility index (Phi) is 12.9. The molecule has 73 heavy (non-hydrogen) atoms. The molecule has 4 aromatic carbocycles. The van der Waals surface area contributed by atoms with Crippen LogP contribution >= 0.6 is 23.2 Å². The fourth-order valence-corrected chi connectivity index (χ4v) is 9.26. The van der Waals surface area contributed by atoms with Crippen molar-refractivity contribution in [1.29, 1.82) is 0 Å². The molecule has 4 aliphatic rings. The molecule has 1 aromatic heterocycles. The molecule has 366 valence electrons. The summed E-state index contributed by atoms with van der Waals surface area (Å²) >= 11 is 13.8. The molecule has 0 saturated carbocycles. The van der Waals surface area contributed by atoms with Crippen LogP contribution < -0.4 is 30.9 Å². The highest BCUT2D eigenvalue weighted by Crippen LogP contribution is 2.48. The molecule has 3 heterocycles. The zero-order valence-corrected chi connectivity index (χ0v) is 40.5. The zero-order valence-electron chi connectivity index (χ0n) is 39.0. The number of amides is 2. The van der Waals surface area contributed by atoms with Crippen molar-refractivity contribution in [1.82, 2.24) is 20.2 Å². The molecule has 6 N–H and O–H groups in total. The number of carboxylic acids is 3. The van der Waals surface area contributed by atoms with Crippen LogP contribution in [0.4, 0.5) is 5.69 Å². The van der Waals surface area contributed by atoms with Crippen molar-refractivity contribution < 1.29 is 53.2 Å². The smallest absolute Gasteiger partial charge is 0.337 e. The summed E-state index contributed by atoms with van der Waals surface area (Å²) in [7, 11) is 7.52. The third kappa shape index (κ3) is 9.14. The van der Waals surface area contributed by atoms with Crippen molar-refractivity contribution in [3.8, 4) is 50.7 Å². The van der Waals surface area contributed by atoms with E-state index in [1.807, 2.05) is 74.1 Å². The maximum atomic E-state index is 13.8. The summed E-state index contributed by atoms with van der Waals surface area (Å²) in [5.74, 6) is -5.41. The molecule has 19 heteroatoms. The topological polar surface area (TPSA) is 253 Å². The van der Waals surface area contributed by atoms with Crippen molar-refractivity contribution >= 4 is 80.6 Å². The molecule has 0 spiro atoms. The number of nitrogens with zero attached hydrogens (tertiary/aromatic N) is 3. The standard InChI is InChI=1S/C54H39Cl2N5O12/c1-60(2)27-7-11-32-41(18-27)72-42-19-28(61(3)4)8-12-33(42)45(32)46-38(55)21-36(48(56)47(46)54(70)71)50(64)58-23-25-5-15-39(57-22-25)51(65)59-24-37-40(63)16-14-34-44(31-13-9-29(62)20-43(31)73-49(34)37)30-10-6-26(52(66)67)17-35(30)53(68)69/h5-22H,23-24H2,1-4H3,(H5-,58,59,62,63,64,65,66,67,68,69,70,71)/p+1. The van der Waals surface area contributed by atoms with E-state index in [2.05, 4.69) is 15.6 Å². The van der Waals surface area contributed by atoms with Gasteiger partial charge in [-0.2, -0.15) is 0 Å². The molecule has 0 bridgehead atoms. The minimum Gasteiger partial charge on any atom is -0.507 e. The summed E-state index contributed by atoms with van der Waals surface area (Å²) in [5, 5.41) is 48.2. The molecule has 0 saturated heterocycles. The van der Waals surface area contributed by atoms with Crippen LogP contribution in [0.25, 0.3) is 66.8 Å². The first-order valence-corrected chi connectivity index (χ1v) is 22.8. The van der Waals surface area contributed by atoms with Gasteiger partial charge in [-0.25, -0.2) is 19.0 Å². The second kappa shape index (κ2) is 19.3. The van der Waals surface area contributed by atoms with Gasteiger partial charge in [-0.05, 0) is 77.9 Å². The van der Waals surface area contributed by atoms with Gasteiger partial charge in [-0.1, -0.05) is 35.3 Å². The minimum absolute atomic E-state index is 0.00744. The van der Waals surface area contributed by atoms with Gasteiger partial charge in [0.15, 0.2) is 5.43 Å². The van der Waals surface area contributed by atoms with Gasteiger partial charge in [0, 0.05) is 89.3 Å². The number of nitrogens with one attached hydrogen (secondary N) is 2. The van der Waals surface area contributed by atoms with Crippen LogP contribution in [-0.4, -0.2) is 83.3 Å². The van der Waals surface area contributed by atoms with E-state index in [4.69, 9.17) is 32.0 Å². The van der Waals surface area contributed by atoms with Crippen LogP contribution in [0.3, 0.4) is 0 Å². The van der Waals surface area contributed by atoms with Gasteiger partial charge in [0.05, 0.1) is 50.5 Å². The molecule has 5 aromatic rings. The summed E-state index contributed by atoms with van der Waals surface area (Å²) in [4.78, 5) is 83.3. The first-order chi connectivity index (χ1) is 34.8. The third-order valence-corrected chi connectivity index (χ3v) is 13.0. The predicted molar refractivity (Wildman–Crippen MR) is 273 cm³/mol. The Balaban J connectivity index is 0.973. The Bertz CT molecular complexity index is 3900. The zero-order chi connectivity index (χ0) is 52.2. The lowest BCUT2D eigenvalue weighted by Crippen LogP contribution is -2.25. The summed E-state index contributed by atoms with van der Waals surface area (Å²) < 4.78 is 14.5. The molecule has 0 fully saturated rings. The van der Waals surface area contributed by atoms with Gasteiger partial charge < -0.3 is 44.8 Å². The van der Waals surface area contributed by atoms with E-state index in [1.54, 1.807) is 0 Å². The summed E-state index contributed by atoms with van der Waals surface area (Å²) in [5.41, 5.74) is 1.94. The summed E-state index contributed by atoms with van der Waals surface area (Å²) in [6.45, 7) is -0.461. The van der Waals surface area contributed by atoms with E-state index in [0.717, 1.165) is 17.1 Å². The van der Waals surface area contributed by atoms with Crippen molar-refractivity contribution in [2.45, 2.75) is 13.1 Å². The van der Waals surface area contributed by atoms with Crippen molar-refractivity contribution in [2.24, 2.45) is 0 Å². The van der Waals surface area contributed by atoms with E-state index >= 15 is 0 Å². The lowest BCUT2D eigenvalue weighted by Gasteiger charge is -2.21. The number of phenols is 1. The van der Waals surface area contributed by atoms with Crippen LogP contribution in [-0.2, 0) is 13.1 Å². The Morgan fingerprint density at radius 2 is 1.37 bits per heavy atom. The highest BCUT2D eigenvalue weighted by molar-refractivity contribution is 6.41. The first-order valence-electron chi connectivity index (χ1n) is 22.1. The van der Waals surface area contributed by atoms with Gasteiger partial charge in [0.2, 0.25) is 5.36 Å². The Labute approximate surface area is 423 Å². The number of benzene rings is 6. The number of carbonyl (C=O) groups is 5. The first kappa shape index (κ1) is 48.9. The van der Waals surface area contributed by atoms with E-state index < -0.39 is 40.7 Å². The number of pyridine rings is 1. The number of carbonyl (C=O) groups excluding carboxylic acids is 2. The van der Waals surface area contributed by atoms with Crippen LogP contribution in [0.2, 0.25) is 10.0 Å². The lowest BCUT2D eigenvalue weighted by atomic mass is 9.89. The quantitative estimate of drug-likeness (QED) is 0.0496. The fraction of sp³-hybridized carbons (Fsp3) is 0.111. The fourth-order valence-electron chi connectivity index (χ4n) is 8.64. The number of phenolic OH excluding ortho intramolecular Hbond substituents is 1. The molecular weight excluding hydrogens is 982 g/mol. The van der Waals surface area contributed by atoms with E-state index in [1.165, 1.54) is 66.9 Å². The predicted octanol–water partition coefficient (Wildman–Crippen LogP) is 8.54. The maximum Gasteiger partial charge on any atom is 0.337 e. The van der Waals surface area contributed by atoms with Gasteiger partial charge in [0.25, 0.3) is 11.8 Å². The molecule has 2 aliphatic carbocycles. The van der Waals surface area contributed by atoms with E-state index in [0.29, 0.717) is 39.0 Å². The molecular formula is C54H40Cl2N5O12+. The van der Waals surface area contributed by atoms with Crippen molar-refractivity contribution in [2.75, 3.05) is 33.1 Å². The van der Waals surface area contributed by atoms with Crippen molar-refractivity contribution in [3.05, 3.63) is 174 Å². The van der Waals surface area contributed by atoms with E-state index in [-0.39, 0.29) is 90.3 Å². The average Bonchev–Trinajstić information content (AvgIpc) is 3.36. The Morgan fingerprint density at radius 1 is 0.671 bits per heavy atom. The maximum absolute atomic E-state index is 13.8. The van der Waals surface area contributed by atoms with Crippen molar-refractivity contribution in [3.63, 3.8) is 0 Å². The molecule has 2 amide bonds. The number of hydrogen-bond donors (Lipinski definition) is 6. The number of aromatic carboxylic acids is 3. The molecule has 17 nitrogen and oxygen atoms in total. The van der Waals surface area contributed by atoms with Gasteiger partial charge in [-0.3, -0.25) is 19.4 Å². The number of carboxylic acid groups (broad SMARTS) is 3. The number of hydrogen-bond acceptors (Lipinski definition) is 11. The number of anilines is 1. The number of rotatable bonds is 12. The second-order valence-corrected chi connectivity index (χ2v) is 18.0.